The topological polar surface area (TPSA) is 61.9 Å². The van der Waals surface area contributed by atoms with Gasteiger partial charge in [-0.25, -0.2) is 4.79 Å². The zero-order valence-electron chi connectivity index (χ0n) is 12.8. The van der Waals surface area contributed by atoms with E-state index in [0.717, 1.165) is 26.2 Å². The molecule has 1 aliphatic rings. The lowest BCUT2D eigenvalue weighted by Crippen LogP contribution is -2.46. The quantitative estimate of drug-likeness (QED) is 0.780. The number of rotatable bonds is 3. The highest BCUT2D eigenvalue weighted by molar-refractivity contribution is 5.87. The first-order chi connectivity index (χ1) is 9.28. The van der Waals surface area contributed by atoms with Crippen LogP contribution in [0.25, 0.3) is 0 Å². The molecule has 1 fully saturated rings. The molecule has 0 radical (unpaired) electrons. The summed E-state index contributed by atoms with van der Waals surface area (Å²) in [6.45, 7) is 9.00. The van der Waals surface area contributed by atoms with Gasteiger partial charge in [-0.3, -0.25) is 4.79 Å². The minimum absolute atomic E-state index is 0.0101. The highest BCUT2D eigenvalue weighted by atomic mass is 16.6. The molecule has 0 saturated carbocycles. The Kier molecular flexibility index (Phi) is 6.01. The van der Waals surface area contributed by atoms with Gasteiger partial charge in [0.15, 0.2) is 0 Å². The number of nitrogens with one attached hydrogen (secondary N) is 1. The Balaban J connectivity index is 2.24. The fourth-order valence-electron chi connectivity index (χ4n) is 1.75. The molecule has 1 aliphatic heterocycles. The first-order valence-corrected chi connectivity index (χ1v) is 6.89. The van der Waals surface area contributed by atoms with E-state index in [1.807, 2.05) is 11.9 Å². The van der Waals surface area contributed by atoms with Crippen LogP contribution in [0, 0.1) is 0 Å². The number of carbonyl (C=O) groups excluding carboxylic acids is 2. The second-order valence-electron chi connectivity index (χ2n) is 5.91. The van der Waals surface area contributed by atoms with Crippen molar-refractivity contribution >= 4 is 12.0 Å². The number of amides is 2. The summed E-state index contributed by atoms with van der Waals surface area (Å²) in [6.07, 6.45) is 2.67. The average molecular weight is 283 g/mol. The van der Waals surface area contributed by atoms with Gasteiger partial charge in [0, 0.05) is 38.8 Å². The Labute approximate surface area is 120 Å². The third kappa shape index (κ3) is 6.56. The molecule has 6 heteroatoms. The van der Waals surface area contributed by atoms with Crippen LogP contribution in [-0.4, -0.2) is 67.2 Å². The first kappa shape index (κ1) is 16.5. The van der Waals surface area contributed by atoms with E-state index in [0.29, 0.717) is 0 Å². The molecule has 0 atom stereocenters. The first-order valence-electron chi connectivity index (χ1n) is 6.89. The van der Waals surface area contributed by atoms with Crippen LogP contribution >= 0.6 is 0 Å². The number of hydrogen-bond donors (Lipinski definition) is 1. The molecule has 0 unspecified atom stereocenters. The molecule has 1 N–H and O–H groups in total. The molecule has 6 nitrogen and oxygen atoms in total. The van der Waals surface area contributed by atoms with Crippen molar-refractivity contribution in [1.29, 1.82) is 0 Å². The zero-order chi connectivity index (χ0) is 15.2. The molecule has 114 valence electrons. The van der Waals surface area contributed by atoms with Crippen molar-refractivity contribution in [2.45, 2.75) is 26.4 Å². The van der Waals surface area contributed by atoms with E-state index in [2.05, 4.69) is 10.2 Å². The molecular formula is C14H25N3O3. The highest BCUT2D eigenvalue weighted by Gasteiger charge is 2.17. The van der Waals surface area contributed by atoms with E-state index < -0.39 is 11.7 Å². The Morgan fingerprint density at radius 2 is 1.80 bits per heavy atom. The molecule has 1 saturated heterocycles. The number of piperazine rings is 1. The minimum atomic E-state index is -0.510. The van der Waals surface area contributed by atoms with Gasteiger partial charge >= 0.3 is 6.09 Å². The lowest BCUT2D eigenvalue weighted by Gasteiger charge is -2.31. The number of likely N-dealkylation sites (N-methyl/N-ethyl adjacent to an activating group) is 1. The lowest BCUT2D eigenvalue weighted by atomic mass is 10.2. The molecule has 0 bridgehead atoms. The third-order valence-corrected chi connectivity index (χ3v) is 2.84. The maximum atomic E-state index is 11.9. The summed E-state index contributed by atoms with van der Waals surface area (Å²) >= 11 is 0. The predicted molar refractivity (Wildman–Crippen MR) is 77.5 cm³/mol. The van der Waals surface area contributed by atoms with E-state index in [1.165, 1.54) is 6.08 Å². The summed E-state index contributed by atoms with van der Waals surface area (Å²) in [4.78, 5) is 27.2. The summed E-state index contributed by atoms with van der Waals surface area (Å²) in [5, 5.41) is 2.58. The van der Waals surface area contributed by atoms with Crippen LogP contribution in [0.4, 0.5) is 4.79 Å². The summed E-state index contributed by atoms with van der Waals surface area (Å²) in [7, 11) is 2.04. The number of hydrogen-bond acceptors (Lipinski definition) is 4. The highest BCUT2D eigenvalue weighted by Crippen LogP contribution is 2.06. The van der Waals surface area contributed by atoms with E-state index in [9.17, 15) is 9.59 Å². The molecule has 0 aromatic carbocycles. The number of ether oxygens (including phenoxy) is 1. The van der Waals surface area contributed by atoms with Crippen LogP contribution in [0.2, 0.25) is 0 Å². The van der Waals surface area contributed by atoms with Crippen LogP contribution in [0.5, 0.6) is 0 Å². The van der Waals surface area contributed by atoms with Gasteiger partial charge in [0.05, 0.1) is 0 Å². The van der Waals surface area contributed by atoms with E-state index in [1.54, 1.807) is 26.8 Å². The van der Waals surface area contributed by atoms with Crippen molar-refractivity contribution in [1.82, 2.24) is 15.1 Å². The van der Waals surface area contributed by atoms with Gasteiger partial charge in [-0.2, -0.15) is 0 Å². The smallest absolute Gasteiger partial charge is 0.407 e. The number of carbonyl (C=O) groups is 2. The Morgan fingerprint density at radius 1 is 1.20 bits per heavy atom. The van der Waals surface area contributed by atoms with Crippen LogP contribution in [0.15, 0.2) is 12.2 Å². The summed E-state index contributed by atoms with van der Waals surface area (Å²) in [5.41, 5.74) is -0.510. The summed E-state index contributed by atoms with van der Waals surface area (Å²) in [6, 6.07) is 0. The minimum Gasteiger partial charge on any atom is -0.444 e. The molecule has 1 heterocycles. The summed E-state index contributed by atoms with van der Waals surface area (Å²) < 4.78 is 5.09. The Hall–Kier alpha value is -1.56. The van der Waals surface area contributed by atoms with Gasteiger partial charge in [0.25, 0.3) is 0 Å². The molecule has 2 amide bonds. The van der Waals surface area contributed by atoms with E-state index in [-0.39, 0.29) is 12.5 Å². The maximum absolute atomic E-state index is 11.9. The van der Waals surface area contributed by atoms with Gasteiger partial charge in [0.1, 0.15) is 5.60 Å². The Morgan fingerprint density at radius 3 is 2.35 bits per heavy atom. The SMILES string of the molecule is CN1CCN(C(=O)/C=C/CNC(=O)OC(C)(C)C)CC1. The van der Waals surface area contributed by atoms with Crippen molar-refractivity contribution in [3.8, 4) is 0 Å². The fraction of sp³-hybridized carbons (Fsp3) is 0.714. The van der Waals surface area contributed by atoms with Crippen molar-refractivity contribution in [2.75, 3.05) is 39.8 Å². The van der Waals surface area contributed by atoms with Gasteiger partial charge in [-0.1, -0.05) is 6.08 Å². The molecule has 0 aromatic rings. The van der Waals surface area contributed by atoms with Gasteiger partial charge in [-0.15, -0.1) is 0 Å². The van der Waals surface area contributed by atoms with Crippen molar-refractivity contribution in [3.63, 3.8) is 0 Å². The normalized spacial score (nSPS) is 17.3. The number of alkyl carbamates (subject to hydrolysis) is 1. The van der Waals surface area contributed by atoms with Crippen LogP contribution in [0.3, 0.4) is 0 Å². The molecular weight excluding hydrogens is 258 g/mol. The fourth-order valence-corrected chi connectivity index (χ4v) is 1.75. The van der Waals surface area contributed by atoms with E-state index in [4.69, 9.17) is 4.74 Å². The average Bonchev–Trinajstić information content (AvgIpc) is 2.33. The van der Waals surface area contributed by atoms with Gasteiger partial charge in [0.2, 0.25) is 5.91 Å². The van der Waals surface area contributed by atoms with Gasteiger partial charge in [-0.05, 0) is 27.8 Å². The second-order valence-corrected chi connectivity index (χ2v) is 5.91. The number of nitrogens with zero attached hydrogens (tertiary/aromatic N) is 2. The summed E-state index contributed by atoms with van der Waals surface area (Å²) in [5.74, 6) is -0.0101. The third-order valence-electron chi connectivity index (χ3n) is 2.84. The van der Waals surface area contributed by atoms with Crippen LogP contribution < -0.4 is 5.32 Å². The van der Waals surface area contributed by atoms with E-state index >= 15 is 0 Å². The predicted octanol–water partition coefficient (Wildman–Crippen LogP) is 0.841. The van der Waals surface area contributed by atoms with Crippen molar-refractivity contribution in [3.05, 3.63) is 12.2 Å². The van der Waals surface area contributed by atoms with Crippen molar-refractivity contribution in [2.24, 2.45) is 0 Å². The second kappa shape index (κ2) is 7.28. The molecule has 1 rings (SSSR count). The van der Waals surface area contributed by atoms with Gasteiger partial charge < -0.3 is 19.9 Å². The standard InChI is InChI=1S/C14H25N3O3/c1-14(2,3)20-13(19)15-7-5-6-12(18)17-10-8-16(4)9-11-17/h5-6H,7-11H2,1-4H3,(H,15,19)/b6-5+. The molecule has 0 spiro atoms. The maximum Gasteiger partial charge on any atom is 0.407 e. The molecule has 0 aromatic heterocycles. The molecule has 20 heavy (non-hydrogen) atoms. The van der Waals surface area contributed by atoms with Crippen LogP contribution in [-0.2, 0) is 9.53 Å². The largest absolute Gasteiger partial charge is 0.444 e. The van der Waals surface area contributed by atoms with Crippen LogP contribution in [0.1, 0.15) is 20.8 Å². The molecule has 0 aliphatic carbocycles. The monoisotopic (exact) mass is 283 g/mol. The van der Waals surface area contributed by atoms with Crippen molar-refractivity contribution < 1.29 is 14.3 Å². The zero-order valence-corrected chi connectivity index (χ0v) is 12.8. The lowest BCUT2D eigenvalue weighted by molar-refractivity contribution is -0.127. The Bertz CT molecular complexity index is 366.